The highest BCUT2D eigenvalue weighted by Crippen LogP contribution is 2.29. The first-order valence-corrected chi connectivity index (χ1v) is 8.63. The van der Waals surface area contributed by atoms with Crippen LogP contribution < -0.4 is 10.1 Å². The fraction of sp³-hybridized carbons (Fsp3) is 0.571. The third-order valence-electron chi connectivity index (χ3n) is 3.44. The Morgan fingerprint density at radius 3 is 2.85 bits per heavy atom. The van der Waals surface area contributed by atoms with E-state index in [1.165, 1.54) is 12.1 Å². The van der Waals surface area contributed by atoms with Gasteiger partial charge in [-0.25, -0.2) is 12.8 Å². The van der Waals surface area contributed by atoms with Crippen molar-refractivity contribution in [2.45, 2.75) is 32.4 Å². The summed E-state index contributed by atoms with van der Waals surface area (Å²) < 4.78 is 42.0. The van der Waals surface area contributed by atoms with Gasteiger partial charge in [0.15, 0.2) is 9.84 Å². The van der Waals surface area contributed by atoms with E-state index in [9.17, 15) is 12.8 Å². The van der Waals surface area contributed by atoms with Crippen molar-refractivity contribution in [3.8, 4) is 5.75 Å². The van der Waals surface area contributed by atoms with E-state index in [0.29, 0.717) is 12.2 Å². The maximum absolute atomic E-state index is 13.4. The molecule has 1 aromatic rings. The van der Waals surface area contributed by atoms with Gasteiger partial charge in [0.1, 0.15) is 17.7 Å². The van der Waals surface area contributed by atoms with Crippen LogP contribution in [0, 0.1) is 5.82 Å². The standard InChI is InChI=1S/C14H20FNO3S/c1-3-16-10(2)13-5-4-11(15)8-14(13)19-12-6-7-20(17,18)9-12/h4-5,8,10,12,16H,3,6-7,9H2,1-2H3. The zero-order chi connectivity index (χ0) is 14.8. The van der Waals surface area contributed by atoms with Gasteiger partial charge >= 0.3 is 0 Å². The fourth-order valence-corrected chi connectivity index (χ4v) is 4.01. The maximum atomic E-state index is 13.4. The molecule has 0 bridgehead atoms. The minimum Gasteiger partial charge on any atom is -0.489 e. The number of nitrogens with one attached hydrogen (secondary N) is 1. The van der Waals surface area contributed by atoms with Crippen LogP contribution in [-0.4, -0.2) is 32.6 Å². The summed E-state index contributed by atoms with van der Waals surface area (Å²) in [6, 6.07) is 4.42. The molecule has 0 aromatic heterocycles. The molecule has 1 N–H and O–H groups in total. The second kappa shape index (κ2) is 6.10. The molecule has 0 saturated carbocycles. The lowest BCUT2D eigenvalue weighted by atomic mass is 10.1. The van der Waals surface area contributed by atoms with Crippen molar-refractivity contribution in [1.82, 2.24) is 5.32 Å². The summed E-state index contributed by atoms with van der Waals surface area (Å²) in [4.78, 5) is 0. The van der Waals surface area contributed by atoms with Crippen LogP contribution in [0.15, 0.2) is 18.2 Å². The van der Waals surface area contributed by atoms with E-state index < -0.39 is 9.84 Å². The van der Waals surface area contributed by atoms with Crippen molar-refractivity contribution in [1.29, 1.82) is 0 Å². The second-order valence-corrected chi connectivity index (χ2v) is 7.33. The average molecular weight is 301 g/mol. The van der Waals surface area contributed by atoms with E-state index >= 15 is 0 Å². The van der Waals surface area contributed by atoms with Crippen LogP contribution in [0.5, 0.6) is 5.75 Å². The number of halogens is 1. The molecule has 6 heteroatoms. The molecule has 20 heavy (non-hydrogen) atoms. The quantitative estimate of drug-likeness (QED) is 0.904. The minimum atomic E-state index is -3.00. The molecule has 1 aromatic carbocycles. The minimum absolute atomic E-state index is 0.0124. The third kappa shape index (κ3) is 3.70. The first-order chi connectivity index (χ1) is 9.41. The zero-order valence-corrected chi connectivity index (χ0v) is 12.5. The Bertz CT molecular complexity index is 574. The smallest absolute Gasteiger partial charge is 0.154 e. The van der Waals surface area contributed by atoms with Crippen LogP contribution >= 0.6 is 0 Å². The Kier molecular flexibility index (Phi) is 4.65. The number of sulfone groups is 1. The molecular weight excluding hydrogens is 281 g/mol. The predicted octanol–water partition coefficient (Wildman–Crippen LogP) is 2.06. The van der Waals surface area contributed by atoms with E-state index in [4.69, 9.17) is 4.74 Å². The fourth-order valence-electron chi connectivity index (χ4n) is 2.42. The molecule has 1 saturated heterocycles. The van der Waals surface area contributed by atoms with Crippen LogP contribution in [0.4, 0.5) is 4.39 Å². The van der Waals surface area contributed by atoms with Gasteiger partial charge in [0.2, 0.25) is 0 Å². The highest BCUT2D eigenvalue weighted by Gasteiger charge is 2.30. The van der Waals surface area contributed by atoms with E-state index in [2.05, 4.69) is 5.32 Å². The van der Waals surface area contributed by atoms with Crippen molar-refractivity contribution in [2.24, 2.45) is 0 Å². The van der Waals surface area contributed by atoms with Gasteiger partial charge in [-0.05, 0) is 26.0 Å². The van der Waals surface area contributed by atoms with Gasteiger partial charge in [-0.2, -0.15) is 0 Å². The van der Waals surface area contributed by atoms with E-state index in [0.717, 1.165) is 12.1 Å². The van der Waals surface area contributed by atoms with Gasteiger partial charge in [-0.15, -0.1) is 0 Å². The summed E-state index contributed by atoms with van der Waals surface area (Å²) in [6.07, 6.45) is 0.0859. The summed E-state index contributed by atoms with van der Waals surface area (Å²) in [5.41, 5.74) is 0.845. The Balaban J connectivity index is 2.19. The van der Waals surface area contributed by atoms with E-state index in [1.807, 2.05) is 13.8 Å². The largest absolute Gasteiger partial charge is 0.489 e. The summed E-state index contributed by atoms with van der Waals surface area (Å²) in [7, 11) is -3.00. The molecule has 0 radical (unpaired) electrons. The molecule has 1 aliphatic rings. The van der Waals surface area contributed by atoms with Gasteiger partial charge in [-0.1, -0.05) is 13.0 Å². The van der Waals surface area contributed by atoms with Gasteiger partial charge in [-0.3, -0.25) is 0 Å². The Hall–Kier alpha value is -1.14. The van der Waals surface area contributed by atoms with Crippen molar-refractivity contribution < 1.29 is 17.5 Å². The lowest BCUT2D eigenvalue weighted by Crippen LogP contribution is -2.22. The third-order valence-corrected chi connectivity index (χ3v) is 5.17. The lowest BCUT2D eigenvalue weighted by Gasteiger charge is -2.20. The Morgan fingerprint density at radius 2 is 2.25 bits per heavy atom. The number of benzene rings is 1. The van der Waals surface area contributed by atoms with Gasteiger partial charge in [0.25, 0.3) is 0 Å². The molecule has 112 valence electrons. The molecular formula is C14H20FNO3S. The second-order valence-electron chi connectivity index (χ2n) is 5.10. The maximum Gasteiger partial charge on any atom is 0.154 e. The van der Waals surface area contributed by atoms with Crippen molar-refractivity contribution in [3.63, 3.8) is 0 Å². The highest BCUT2D eigenvalue weighted by atomic mass is 32.2. The summed E-state index contributed by atoms with van der Waals surface area (Å²) in [5.74, 6) is 0.206. The van der Waals surface area contributed by atoms with E-state index in [1.54, 1.807) is 6.07 Å². The first kappa shape index (κ1) is 15.3. The molecule has 1 fully saturated rings. The first-order valence-electron chi connectivity index (χ1n) is 6.81. The molecule has 4 nitrogen and oxygen atoms in total. The number of hydrogen-bond acceptors (Lipinski definition) is 4. The van der Waals surface area contributed by atoms with Crippen molar-refractivity contribution in [2.75, 3.05) is 18.1 Å². The normalized spacial score (nSPS) is 22.6. The Labute approximate surface area is 119 Å². The molecule has 1 aliphatic heterocycles. The van der Waals surface area contributed by atoms with Crippen LogP contribution in [0.3, 0.4) is 0 Å². The number of rotatable bonds is 5. The molecule has 0 aliphatic carbocycles. The van der Waals surface area contributed by atoms with Crippen LogP contribution in [0.25, 0.3) is 0 Å². The topological polar surface area (TPSA) is 55.4 Å². The molecule has 2 rings (SSSR count). The summed E-state index contributed by atoms with van der Waals surface area (Å²) in [5, 5.41) is 3.24. The molecule has 2 unspecified atom stereocenters. The molecule has 0 spiro atoms. The van der Waals surface area contributed by atoms with Gasteiger partial charge in [0, 0.05) is 17.7 Å². The van der Waals surface area contributed by atoms with Gasteiger partial charge in [0.05, 0.1) is 11.5 Å². The lowest BCUT2D eigenvalue weighted by molar-refractivity contribution is 0.224. The molecule has 1 heterocycles. The SMILES string of the molecule is CCNC(C)c1ccc(F)cc1OC1CCS(=O)(=O)C1. The average Bonchev–Trinajstić information content (AvgIpc) is 2.69. The number of ether oxygens (including phenoxy) is 1. The number of hydrogen-bond donors (Lipinski definition) is 1. The van der Waals surface area contributed by atoms with Gasteiger partial charge < -0.3 is 10.1 Å². The van der Waals surface area contributed by atoms with Crippen molar-refractivity contribution in [3.05, 3.63) is 29.6 Å². The predicted molar refractivity (Wildman–Crippen MR) is 76.2 cm³/mol. The van der Waals surface area contributed by atoms with Crippen LogP contribution in [0.1, 0.15) is 31.9 Å². The monoisotopic (exact) mass is 301 g/mol. The van der Waals surface area contributed by atoms with E-state index in [-0.39, 0.29) is 29.5 Å². The summed E-state index contributed by atoms with van der Waals surface area (Å²) >= 11 is 0. The molecule has 2 atom stereocenters. The van der Waals surface area contributed by atoms with Crippen LogP contribution in [0.2, 0.25) is 0 Å². The zero-order valence-electron chi connectivity index (χ0n) is 11.7. The van der Waals surface area contributed by atoms with Crippen LogP contribution in [-0.2, 0) is 9.84 Å². The summed E-state index contributed by atoms with van der Waals surface area (Å²) in [6.45, 7) is 4.74. The highest BCUT2D eigenvalue weighted by molar-refractivity contribution is 7.91. The Morgan fingerprint density at radius 1 is 1.50 bits per heavy atom. The van der Waals surface area contributed by atoms with Crippen molar-refractivity contribution >= 4 is 9.84 Å². The molecule has 0 amide bonds.